The van der Waals surface area contributed by atoms with Gasteiger partial charge in [-0.25, -0.2) is 0 Å². The van der Waals surface area contributed by atoms with Crippen molar-refractivity contribution in [3.05, 3.63) is 42.0 Å². The van der Waals surface area contributed by atoms with E-state index in [1.165, 1.54) is 5.56 Å². The van der Waals surface area contributed by atoms with Crippen LogP contribution in [0.15, 0.2) is 36.4 Å². The lowest BCUT2D eigenvalue weighted by atomic mass is 9.89. The molecule has 3 rings (SSSR count). The molecule has 0 radical (unpaired) electrons. The van der Waals surface area contributed by atoms with Gasteiger partial charge < -0.3 is 20.7 Å². The Kier molecular flexibility index (Phi) is 8.25. The second-order valence-electron chi connectivity index (χ2n) is 8.21. The third-order valence-corrected chi connectivity index (χ3v) is 5.50. The number of hydrogen-bond donors (Lipinski definition) is 2. The number of nitrogens with zero attached hydrogens (tertiary/aromatic N) is 1. The van der Waals surface area contributed by atoms with Gasteiger partial charge in [-0.2, -0.15) is 0 Å². The Morgan fingerprint density at radius 1 is 1.28 bits per heavy atom. The highest BCUT2D eigenvalue weighted by molar-refractivity contribution is 6.03. The normalized spacial score (nSPS) is 19.0. The Balaban J connectivity index is 0.00000300. The number of rotatable bonds is 6. The number of halogens is 1. The van der Waals surface area contributed by atoms with Crippen molar-refractivity contribution in [3.63, 3.8) is 0 Å². The zero-order valence-electron chi connectivity index (χ0n) is 17.2. The molecule has 1 aromatic rings. The molecule has 0 aliphatic carbocycles. The molecule has 160 valence electrons. The van der Waals surface area contributed by atoms with E-state index in [0.29, 0.717) is 38.5 Å². The molecule has 2 aliphatic heterocycles. The fourth-order valence-corrected chi connectivity index (χ4v) is 3.82. The first kappa shape index (κ1) is 23.4. The highest BCUT2D eigenvalue weighted by Crippen LogP contribution is 2.27. The maximum Gasteiger partial charge on any atom is 0.250 e. The summed E-state index contributed by atoms with van der Waals surface area (Å²) >= 11 is 0. The molecule has 0 aromatic heterocycles. The van der Waals surface area contributed by atoms with Crippen LogP contribution in [0.5, 0.6) is 0 Å². The summed E-state index contributed by atoms with van der Waals surface area (Å²) in [6.07, 6.45) is 6.05. The van der Waals surface area contributed by atoms with Crippen molar-refractivity contribution in [3.8, 4) is 0 Å². The zero-order valence-corrected chi connectivity index (χ0v) is 18.0. The second kappa shape index (κ2) is 10.2. The summed E-state index contributed by atoms with van der Waals surface area (Å²) in [5.41, 5.74) is 7.58. The fourth-order valence-electron chi connectivity index (χ4n) is 3.82. The second-order valence-corrected chi connectivity index (χ2v) is 8.21. The first-order valence-corrected chi connectivity index (χ1v) is 10.1. The number of amides is 2. The molecule has 0 bridgehead atoms. The van der Waals surface area contributed by atoms with Crippen molar-refractivity contribution >= 4 is 29.9 Å². The molecule has 3 N–H and O–H groups in total. The van der Waals surface area contributed by atoms with Gasteiger partial charge in [0.25, 0.3) is 5.91 Å². The summed E-state index contributed by atoms with van der Waals surface area (Å²) in [4.78, 5) is 27.3. The molecule has 0 spiro atoms. The molecule has 6 nitrogen and oxygen atoms in total. The van der Waals surface area contributed by atoms with Gasteiger partial charge in [0.1, 0.15) is 0 Å². The lowest BCUT2D eigenvalue weighted by Crippen LogP contribution is -2.58. The minimum atomic E-state index is -0.890. The van der Waals surface area contributed by atoms with Crippen molar-refractivity contribution < 1.29 is 14.3 Å². The summed E-state index contributed by atoms with van der Waals surface area (Å²) < 4.78 is 5.33. The van der Waals surface area contributed by atoms with Crippen LogP contribution in [0.25, 0.3) is 0 Å². The van der Waals surface area contributed by atoms with Crippen LogP contribution in [0.2, 0.25) is 0 Å². The number of benzene rings is 1. The molecule has 2 heterocycles. The van der Waals surface area contributed by atoms with E-state index >= 15 is 0 Å². The number of carbonyl (C=O) groups excluding carboxylic acids is 2. The van der Waals surface area contributed by atoms with E-state index < -0.39 is 5.54 Å². The lowest BCUT2D eigenvalue weighted by Gasteiger charge is -2.33. The van der Waals surface area contributed by atoms with Crippen LogP contribution in [0.1, 0.15) is 38.7 Å². The molecule has 1 atom stereocenters. The van der Waals surface area contributed by atoms with Crippen LogP contribution < -0.4 is 16.0 Å². The predicted octanol–water partition coefficient (Wildman–Crippen LogP) is 2.59. The number of carbonyl (C=O) groups is 2. The molecule has 1 fully saturated rings. The van der Waals surface area contributed by atoms with E-state index in [1.54, 1.807) is 11.0 Å². The highest BCUT2D eigenvalue weighted by Gasteiger charge is 2.36. The first-order chi connectivity index (χ1) is 13.4. The number of anilines is 1. The van der Waals surface area contributed by atoms with Gasteiger partial charge in [-0.15, -0.1) is 12.4 Å². The quantitative estimate of drug-likeness (QED) is 0.691. The van der Waals surface area contributed by atoms with Gasteiger partial charge >= 0.3 is 0 Å². The molecular weight excluding hydrogens is 390 g/mol. The van der Waals surface area contributed by atoms with Gasteiger partial charge in [0.2, 0.25) is 5.91 Å². The van der Waals surface area contributed by atoms with Crippen LogP contribution >= 0.6 is 12.4 Å². The SMILES string of the molecule is CC(C)CC(C=CC(=O)N1CCc2ccccc21)NC(=O)C1(N)CCOCC1.Cl. The molecule has 29 heavy (non-hydrogen) atoms. The van der Waals surface area contributed by atoms with E-state index in [0.717, 1.165) is 18.5 Å². The van der Waals surface area contributed by atoms with E-state index in [2.05, 4.69) is 25.2 Å². The average Bonchev–Trinajstić information content (AvgIpc) is 3.10. The van der Waals surface area contributed by atoms with Crippen molar-refractivity contribution in [2.75, 3.05) is 24.7 Å². The Morgan fingerprint density at radius 3 is 2.66 bits per heavy atom. The minimum absolute atomic E-state index is 0. The summed E-state index contributed by atoms with van der Waals surface area (Å²) in [7, 11) is 0. The van der Waals surface area contributed by atoms with Gasteiger partial charge in [0.05, 0.1) is 5.54 Å². The van der Waals surface area contributed by atoms with E-state index in [1.807, 2.05) is 24.3 Å². The van der Waals surface area contributed by atoms with Crippen LogP contribution in [0, 0.1) is 5.92 Å². The van der Waals surface area contributed by atoms with E-state index in [-0.39, 0.29) is 30.3 Å². The third-order valence-electron chi connectivity index (χ3n) is 5.50. The number of hydrogen-bond acceptors (Lipinski definition) is 4. The van der Waals surface area contributed by atoms with Crippen LogP contribution in [0.4, 0.5) is 5.69 Å². The van der Waals surface area contributed by atoms with Gasteiger partial charge in [-0.3, -0.25) is 9.59 Å². The summed E-state index contributed by atoms with van der Waals surface area (Å²) in [5, 5.41) is 3.05. The van der Waals surface area contributed by atoms with Gasteiger partial charge in [0, 0.05) is 37.6 Å². The Labute approximate surface area is 179 Å². The smallest absolute Gasteiger partial charge is 0.250 e. The predicted molar refractivity (Wildman–Crippen MR) is 117 cm³/mol. The standard InChI is InChI=1S/C22H31N3O3.ClH/c1-16(2)15-18(24-21(27)22(23)10-13-28-14-11-22)7-8-20(26)25-12-9-17-5-3-4-6-19(17)25;/h3-8,16,18H,9-15,23H2,1-2H3,(H,24,27);1H. The van der Waals surface area contributed by atoms with Crippen molar-refractivity contribution in [2.45, 2.75) is 51.1 Å². The largest absolute Gasteiger partial charge is 0.381 e. The number of nitrogens with two attached hydrogens (primary N) is 1. The number of para-hydroxylation sites is 1. The molecule has 7 heteroatoms. The number of nitrogens with one attached hydrogen (secondary N) is 1. The van der Waals surface area contributed by atoms with E-state index in [4.69, 9.17) is 10.5 Å². The molecule has 1 unspecified atom stereocenters. The van der Waals surface area contributed by atoms with Gasteiger partial charge in [-0.05, 0) is 43.2 Å². The summed E-state index contributed by atoms with van der Waals surface area (Å²) in [6, 6.07) is 7.76. The lowest BCUT2D eigenvalue weighted by molar-refractivity contribution is -0.130. The van der Waals surface area contributed by atoms with Gasteiger partial charge in [0.15, 0.2) is 0 Å². The average molecular weight is 422 g/mol. The minimum Gasteiger partial charge on any atom is -0.381 e. The molecular formula is C22H32ClN3O3. The van der Waals surface area contributed by atoms with Crippen LogP contribution in [0.3, 0.4) is 0 Å². The zero-order chi connectivity index (χ0) is 20.1. The Morgan fingerprint density at radius 2 is 1.97 bits per heavy atom. The maximum atomic E-state index is 12.8. The van der Waals surface area contributed by atoms with Crippen molar-refractivity contribution in [2.24, 2.45) is 11.7 Å². The fraction of sp³-hybridized carbons (Fsp3) is 0.545. The van der Waals surface area contributed by atoms with Crippen LogP contribution in [-0.4, -0.2) is 43.2 Å². The Bertz CT molecular complexity index is 745. The third kappa shape index (κ3) is 5.81. The summed E-state index contributed by atoms with van der Waals surface area (Å²) in [5.74, 6) is 0.160. The summed E-state index contributed by atoms with van der Waals surface area (Å²) in [6.45, 7) is 5.88. The van der Waals surface area contributed by atoms with Crippen LogP contribution in [-0.2, 0) is 20.7 Å². The van der Waals surface area contributed by atoms with Gasteiger partial charge in [-0.1, -0.05) is 38.1 Å². The number of fused-ring (bicyclic) bond motifs is 1. The highest BCUT2D eigenvalue weighted by atomic mass is 35.5. The molecule has 1 aromatic carbocycles. The maximum absolute atomic E-state index is 12.8. The monoisotopic (exact) mass is 421 g/mol. The van der Waals surface area contributed by atoms with Crippen molar-refractivity contribution in [1.82, 2.24) is 5.32 Å². The Hall–Kier alpha value is -1.89. The molecule has 2 aliphatic rings. The molecule has 0 saturated carbocycles. The molecule has 1 saturated heterocycles. The topological polar surface area (TPSA) is 84.7 Å². The first-order valence-electron chi connectivity index (χ1n) is 10.1. The van der Waals surface area contributed by atoms with E-state index in [9.17, 15) is 9.59 Å². The van der Waals surface area contributed by atoms with Crippen molar-refractivity contribution in [1.29, 1.82) is 0 Å². The number of ether oxygens (including phenoxy) is 1. The molecule has 2 amide bonds.